The lowest BCUT2D eigenvalue weighted by Gasteiger charge is -2.12. The fourth-order valence-corrected chi connectivity index (χ4v) is 1.02. The van der Waals surface area contributed by atoms with Gasteiger partial charge in [-0.05, 0) is 6.07 Å². The molecule has 0 aliphatic heterocycles. The van der Waals surface area contributed by atoms with Crippen LogP contribution in [0.3, 0.4) is 0 Å². The van der Waals surface area contributed by atoms with Crippen molar-refractivity contribution in [1.29, 1.82) is 0 Å². The maximum Gasteiger partial charge on any atom is 0.312 e. The molecule has 6 nitrogen and oxygen atoms in total. The van der Waals surface area contributed by atoms with Crippen molar-refractivity contribution in [1.82, 2.24) is 9.99 Å². The van der Waals surface area contributed by atoms with Crippen molar-refractivity contribution < 1.29 is 4.92 Å². The van der Waals surface area contributed by atoms with Gasteiger partial charge >= 0.3 is 5.69 Å². The van der Waals surface area contributed by atoms with Crippen LogP contribution in [0.25, 0.3) is 0 Å². The van der Waals surface area contributed by atoms with Crippen molar-refractivity contribution in [3.8, 4) is 0 Å². The SMILES string of the molecule is CN(C)Nc1nc(Cl)ccc1[N+](=O)[O-]. The molecule has 0 aromatic carbocycles. The average molecular weight is 217 g/mol. The first-order valence-electron chi connectivity index (χ1n) is 3.75. The summed E-state index contributed by atoms with van der Waals surface area (Å²) in [7, 11) is 3.40. The first kappa shape index (κ1) is 10.7. The Kier molecular flexibility index (Phi) is 3.21. The summed E-state index contributed by atoms with van der Waals surface area (Å²) in [6.07, 6.45) is 0. The molecule has 0 amide bonds. The highest BCUT2D eigenvalue weighted by Gasteiger charge is 2.15. The van der Waals surface area contributed by atoms with Gasteiger partial charge in [0, 0.05) is 20.2 Å². The molecule has 0 radical (unpaired) electrons. The number of hydrogen-bond donors (Lipinski definition) is 1. The number of halogens is 1. The fourth-order valence-electron chi connectivity index (χ4n) is 0.869. The molecule has 1 heterocycles. The minimum Gasteiger partial charge on any atom is -0.298 e. The Balaban J connectivity index is 3.09. The van der Waals surface area contributed by atoms with Gasteiger partial charge < -0.3 is 0 Å². The van der Waals surface area contributed by atoms with Gasteiger partial charge in [0.1, 0.15) is 5.15 Å². The van der Waals surface area contributed by atoms with Crippen LogP contribution in [0.4, 0.5) is 11.5 Å². The smallest absolute Gasteiger partial charge is 0.298 e. The van der Waals surface area contributed by atoms with Crippen molar-refractivity contribution in [3.63, 3.8) is 0 Å². The van der Waals surface area contributed by atoms with Crippen LogP contribution in [-0.4, -0.2) is 29.0 Å². The molecule has 7 heteroatoms. The number of hydrazine groups is 1. The maximum atomic E-state index is 10.6. The van der Waals surface area contributed by atoms with Crippen LogP contribution < -0.4 is 5.43 Å². The molecule has 0 aliphatic carbocycles. The molecule has 0 aliphatic rings. The zero-order chi connectivity index (χ0) is 10.7. The summed E-state index contributed by atoms with van der Waals surface area (Å²) in [5, 5.41) is 12.3. The summed E-state index contributed by atoms with van der Waals surface area (Å²) >= 11 is 5.61. The topological polar surface area (TPSA) is 71.3 Å². The van der Waals surface area contributed by atoms with Crippen LogP contribution in [0.1, 0.15) is 0 Å². The highest BCUT2D eigenvalue weighted by atomic mass is 35.5. The lowest BCUT2D eigenvalue weighted by atomic mass is 10.4. The molecule has 0 fully saturated rings. The molecular weight excluding hydrogens is 208 g/mol. The van der Waals surface area contributed by atoms with Crippen molar-refractivity contribution in [2.45, 2.75) is 0 Å². The van der Waals surface area contributed by atoms with Gasteiger partial charge in [-0.1, -0.05) is 11.6 Å². The van der Waals surface area contributed by atoms with E-state index in [0.29, 0.717) is 0 Å². The number of rotatable bonds is 3. The minimum atomic E-state index is -0.519. The molecule has 0 spiro atoms. The summed E-state index contributed by atoms with van der Waals surface area (Å²) in [4.78, 5) is 13.9. The molecule has 76 valence electrons. The van der Waals surface area contributed by atoms with Gasteiger partial charge in [0.25, 0.3) is 0 Å². The Morgan fingerprint density at radius 3 is 2.71 bits per heavy atom. The summed E-state index contributed by atoms with van der Waals surface area (Å²) in [5.41, 5.74) is 2.58. The molecule has 0 bridgehead atoms. The van der Waals surface area contributed by atoms with Crippen LogP contribution >= 0.6 is 11.6 Å². The summed E-state index contributed by atoms with van der Waals surface area (Å²) in [6.45, 7) is 0. The summed E-state index contributed by atoms with van der Waals surface area (Å²) in [6, 6.07) is 2.68. The zero-order valence-electron chi connectivity index (χ0n) is 7.69. The molecule has 14 heavy (non-hydrogen) atoms. The first-order chi connectivity index (χ1) is 6.50. The number of aromatic nitrogens is 1. The van der Waals surface area contributed by atoms with Crippen molar-refractivity contribution in [2.75, 3.05) is 19.5 Å². The maximum absolute atomic E-state index is 10.6. The van der Waals surface area contributed by atoms with E-state index in [4.69, 9.17) is 11.6 Å². The molecule has 1 N–H and O–H groups in total. The van der Waals surface area contributed by atoms with Gasteiger partial charge in [-0.2, -0.15) is 0 Å². The lowest BCUT2D eigenvalue weighted by molar-refractivity contribution is -0.384. The molecule has 1 aromatic heterocycles. The van der Waals surface area contributed by atoms with Gasteiger partial charge in [-0.3, -0.25) is 15.5 Å². The quantitative estimate of drug-likeness (QED) is 0.471. The normalized spacial score (nSPS) is 10.3. The van der Waals surface area contributed by atoms with Gasteiger partial charge in [0.15, 0.2) is 0 Å². The number of nitro groups is 1. The van der Waals surface area contributed by atoms with Crippen LogP contribution in [0.2, 0.25) is 5.15 Å². The molecule has 1 rings (SSSR count). The molecule has 1 aromatic rings. The van der Waals surface area contributed by atoms with Crippen LogP contribution in [0.15, 0.2) is 12.1 Å². The molecule has 0 saturated heterocycles. The number of nitrogens with zero attached hydrogens (tertiary/aromatic N) is 3. The molecule has 0 unspecified atom stereocenters. The van der Waals surface area contributed by atoms with Gasteiger partial charge in [0.05, 0.1) is 4.92 Å². The molecule has 0 atom stereocenters. The van der Waals surface area contributed by atoms with E-state index in [2.05, 4.69) is 10.4 Å². The Labute approximate surface area is 85.6 Å². The number of nitrogens with one attached hydrogen (secondary N) is 1. The van der Waals surface area contributed by atoms with Crippen molar-refractivity contribution >= 4 is 23.1 Å². The van der Waals surface area contributed by atoms with Crippen LogP contribution in [0.5, 0.6) is 0 Å². The second-order valence-corrected chi connectivity index (χ2v) is 3.15. The van der Waals surface area contributed by atoms with Crippen molar-refractivity contribution in [2.24, 2.45) is 0 Å². The Bertz CT molecular complexity index is 356. The van der Waals surface area contributed by atoms with E-state index >= 15 is 0 Å². The van der Waals surface area contributed by atoms with E-state index in [0.717, 1.165) is 0 Å². The number of anilines is 1. The third kappa shape index (κ3) is 2.54. The number of pyridine rings is 1. The van der Waals surface area contributed by atoms with E-state index < -0.39 is 4.92 Å². The standard InChI is InChI=1S/C7H9ClN4O2/c1-11(2)10-7-5(12(13)14)3-4-6(8)9-7/h3-4H,1-2H3,(H,9,10). The third-order valence-corrected chi connectivity index (χ3v) is 1.58. The lowest BCUT2D eigenvalue weighted by Crippen LogP contribution is -2.21. The van der Waals surface area contributed by atoms with Crippen LogP contribution in [0, 0.1) is 10.1 Å². The van der Waals surface area contributed by atoms with E-state index in [-0.39, 0.29) is 16.7 Å². The van der Waals surface area contributed by atoms with Gasteiger partial charge in [0.2, 0.25) is 5.82 Å². The summed E-state index contributed by atoms with van der Waals surface area (Å²) in [5.74, 6) is 0.132. The highest BCUT2D eigenvalue weighted by Crippen LogP contribution is 2.23. The average Bonchev–Trinajstić information content (AvgIpc) is 2.01. The Hall–Kier alpha value is -1.40. The predicted octanol–water partition coefficient (Wildman–Crippen LogP) is 1.53. The van der Waals surface area contributed by atoms with Crippen molar-refractivity contribution in [3.05, 3.63) is 27.4 Å². The second-order valence-electron chi connectivity index (χ2n) is 2.77. The first-order valence-corrected chi connectivity index (χ1v) is 4.13. The Morgan fingerprint density at radius 2 is 2.21 bits per heavy atom. The minimum absolute atomic E-state index is 0.108. The molecule has 0 saturated carbocycles. The monoisotopic (exact) mass is 216 g/mol. The second kappa shape index (κ2) is 4.21. The predicted molar refractivity (Wildman–Crippen MR) is 53.2 cm³/mol. The van der Waals surface area contributed by atoms with Crippen LogP contribution in [-0.2, 0) is 0 Å². The highest BCUT2D eigenvalue weighted by molar-refractivity contribution is 6.29. The van der Waals surface area contributed by atoms with E-state index in [1.165, 1.54) is 12.1 Å². The fraction of sp³-hybridized carbons (Fsp3) is 0.286. The van der Waals surface area contributed by atoms with E-state index in [1.807, 2.05) is 0 Å². The van der Waals surface area contributed by atoms with E-state index in [9.17, 15) is 10.1 Å². The van der Waals surface area contributed by atoms with E-state index in [1.54, 1.807) is 19.1 Å². The van der Waals surface area contributed by atoms with Gasteiger partial charge in [-0.15, -0.1) is 0 Å². The third-order valence-electron chi connectivity index (χ3n) is 1.37. The molecular formula is C7H9ClN4O2. The summed E-state index contributed by atoms with van der Waals surface area (Å²) < 4.78 is 0. The number of hydrogen-bond acceptors (Lipinski definition) is 5. The Morgan fingerprint density at radius 1 is 1.57 bits per heavy atom. The largest absolute Gasteiger partial charge is 0.312 e. The van der Waals surface area contributed by atoms with Gasteiger partial charge in [-0.25, -0.2) is 9.99 Å². The zero-order valence-corrected chi connectivity index (χ0v) is 8.45.